The second-order valence-corrected chi connectivity index (χ2v) is 9.79. The van der Waals surface area contributed by atoms with Crippen molar-refractivity contribution in [3.8, 4) is 5.75 Å². The molecule has 3 rings (SSSR count). The maximum Gasteiger partial charge on any atom is 0.343 e. The number of unbranched alkanes of at least 4 members (excludes halogenated alkanes) is 3. The van der Waals surface area contributed by atoms with Gasteiger partial charge in [0.2, 0.25) is 0 Å². The van der Waals surface area contributed by atoms with E-state index in [1.165, 1.54) is 29.2 Å². The number of benzene rings is 2. The predicted octanol–water partition coefficient (Wildman–Crippen LogP) is 7.86. The highest BCUT2D eigenvalue weighted by Gasteiger charge is 2.15. The molecule has 5 nitrogen and oxygen atoms in total. The molecule has 38 heavy (non-hydrogen) atoms. The van der Waals surface area contributed by atoms with E-state index in [-0.39, 0.29) is 11.9 Å². The molecule has 0 aromatic heterocycles. The Kier molecular flexibility index (Phi) is 11.9. The van der Waals surface area contributed by atoms with Crippen LogP contribution in [0.3, 0.4) is 0 Å². The molecule has 2 aromatic rings. The van der Waals surface area contributed by atoms with Crippen LogP contribution in [0.4, 0.5) is 0 Å². The van der Waals surface area contributed by atoms with E-state index in [2.05, 4.69) is 50.8 Å². The van der Waals surface area contributed by atoms with E-state index >= 15 is 0 Å². The van der Waals surface area contributed by atoms with Gasteiger partial charge in [-0.2, -0.15) is 0 Å². The zero-order valence-corrected chi connectivity index (χ0v) is 22.7. The topological polar surface area (TPSA) is 61.8 Å². The highest BCUT2D eigenvalue weighted by molar-refractivity contribution is 5.90. The van der Waals surface area contributed by atoms with Crippen LogP contribution in [0.15, 0.2) is 79.1 Å². The average Bonchev–Trinajstić information content (AvgIpc) is 2.95. The molecular formula is C33H40O5. The first-order valence-corrected chi connectivity index (χ1v) is 13.7. The van der Waals surface area contributed by atoms with Gasteiger partial charge in [-0.1, -0.05) is 57.2 Å². The molecule has 0 bridgehead atoms. The Balaban J connectivity index is 1.39. The number of carbonyl (C=O) groups excluding carboxylic acids is 2. The molecule has 0 saturated carbocycles. The van der Waals surface area contributed by atoms with E-state index in [9.17, 15) is 9.59 Å². The summed E-state index contributed by atoms with van der Waals surface area (Å²) in [4.78, 5) is 23.6. The van der Waals surface area contributed by atoms with Crippen molar-refractivity contribution in [1.82, 2.24) is 0 Å². The van der Waals surface area contributed by atoms with Gasteiger partial charge in [-0.15, -0.1) is 0 Å². The third-order valence-electron chi connectivity index (χ3n) is 6.75. The fourth-order valence-corrected chi connectivity index (χ4v) is 4.19. The van der Waals surface area contributed by atoms with Gasteiger partial charge in [0, 0.05) is 12.5 Å². The third-order valence-corrected chi connectivity index (χ3v) is 6.75. The van der Waals surface area contributed by atoms with Gasteiger partial charge in [-0.05, 0) is 91.5 Å². The molecule has 1 unspecified atom stereocenters. The normalized spacial score (nSPS) is 13.6. The molecule has 1 aliphatic rings. The van der Waals surface area contributed by atoms with Crippen LogP contribution in [-0.4, -0.2) is 25.2 Å². The minimum Gasteiger partial charge on any atom is -0.494 e. The van der Waals surface area contributed by atoms with Gasteiger partial charge in [0.05, 0.1) is 18.8 Å². The Hall–Kier alpha value is -3.60. The highest BCUT2D eigenvalue weighted by Crippen LogP contribution is 2.28. The van der Waals surface area contributed by atoms with Gasteiger partial charge in [0.15, 0.2) is 0 Å². The number of esters is 2. The van der Waals surface area contributed by atoms with Crippen molar-refractivity contribution >= 4 is 17.5 Å². The monoisotopic (exact) mass is 516 g/mol. The van der Waals surface area contributed by atoms with E-state index in [4.69, 9.17) is 14.2 Å². The van der Waals surface area contributed by atoms with Gasteiger partial charge in [-0.3, -0.25) is 0 Å². The van der Waals surface area contributed by atoms with Crippen molar-refractivity contribution < 1.29 is 23.8 Å². The van der Waals surface area contributed by atoms with Crippen LogP contribution < -0.4 is 4.74 Å². The summed E-state index contributed by atoms with van der Waals surface area (Å²) in [5, 5.41) is 0. The number of ether oxygens (including phenoxy) is 3. The van der Waals surface area contributed by atoms with Crippen molar-refractivity contribution in [2.45, 2.75) is 65.2 Å². The van der Waals surface area contributed by atoms with Crippen LogP contribution in [0.1, 0.15) is 80.3 Å². The Morgan fingerprint density at radius 2 is 1.63 bits per heavy atom. The number of carbonyl (C=O) groups is 2. The van der Waals surface area contributed by atoms with Gasteiger partial charge in [0.25, 0.3) is 0 Å². The van der Waals surface area contributed by atoms with Crippen LogP contribution in [0.2, 0.25) is 0 Å². The molecule has 0 fully saturated rings. The van der Waals surface area contributed by atoms with E-state index in [0.717, 1.165) is 44.3 Å². The zero-order valence-electron chi connectivity index (χ0n) is 22.7. The minimum absolute atomic E-state index is 0.355. The Morgan fingerprint density at radius 3 is 2.26 bits per heavy atom. The fourth-order valence-electron chi connectivity index (χ4n) is 4.19. The summed E-state index contributed by atoms with van der Waals surface area (Å²) in [6, 6.07) is 15.9. The Morgan fingerprint density at radius 1 is 0.921 bits per heavy atom. The van der Waals surface area contributed by atoms with Crippen molar-refractivity contribution in [2.75, 3.05) is 13.2 Å². The maximum absolute atomic E-state index is 12.6. The summed E-state index contributed by atoms with van der Waals surface area (Å²) >= 11 is 0. The second kappa shape index (κ2) is 15.6. The highest BCUT2D eigenvalue weighted by atomic mass is 16.5. The molecule has 5 heteroatoms. The molecule has 0 aliphatic heterocycles. The van der Waals surface area contributed by atoms with E-state index in [1.54, 1.807) is 24.3 Å². The summed E-state index contributed by atoms with van der Waals surface area (Å²) in [5.74, 6) is 1.37. The molecule has 202 valence electrons. The average molecular weight is 517 g/mol. The van der Waals surface area contributed by atoms with Crippen LogP contribution in [0.25, 0.3) is 5.57 Å². The molecule has 0 amide bonds. The largest absolute Gasteiger partial charge is 0.494 e. The van der Waals surface area contributed by atoms with Crippen LogP contribution in [0, 0.1) is 5.92 Å². The van der Waals surface area contributed by atoms with Gasteiger partial charge in [0.1, 0.15) is 11.5 Å². The molecule has 0 saturated heterocycles. The lowest BCUT2D eigenvalue weighted by Gasteiger charge is -2.16. The molecule has 0 radical (unpaired) electrons. The quantitative estimate of drug-likeness (QED) is 0.137. The van der Waals surface area contributed by atoms with Gasteiger partial charge >= 0.3 is 11.9 Å². The molecule has 1 atom stereocenters. The summed E-state index contributed by atoms with van der Waals surface area (Å²) in [6.45, 7) is 8.90. The number of rotatable bonds is 15. The van der Waals surface area contributed by atoms with Gasteiger partial charge in [-0.25, -0.2) is 9.59 Å². The van der Waals surface area contributed by atoms with Crippen molar-refractivity contribution in [1.29, 1.82) is 0 Å². The lowest BCUT2D eigenvalue weighted by atomic mass is 9.93. The van der Waals surface area contributed by atoms with Gasteiger partial charge < -0.3 is 14.2 Å². The first kappa shape index (κ1) is 29.0. The van der Waals surface area contributed by atoms with E-state index in [1.807, 2.05) is 6.08 Å². The minimum atomic E-state index is -0.379. The summed E-state index contributed by atoms with van der Waals surface area (Å²) in [5.41, 5.74) is 4.36. The first-order chi connectivity index (χ1) is 18.5. The first-order valence-electron chi connectivity index (χ1n) is 13.7. The van der Waals surface area contributed by atoms with Crippen molar-refractivity contribution in [2.24, 2.45) is 5.92 Å². The molecular weight excluding hydrogens is 476 g/mol. The molecule has 0 heterocycles. The zero-order chi connectivity index (χ0) is 27.2. The molecule has 2 aromatic carbocycles. The van der Waals surface area contributed by atoms with Crippen LogP contribution in [0.5, 0.6) is 5.75 Å². The van der Waals surface area contributed by atoms with E-state index in [0.29, 0.717) is 36.9 Å². The van der Waals surface area contributed by atoms with Crippen molar-refractivity contribution in [3.63, 3.8) is 0 Å². The Labute approximate surface area is 227 Å². The van der Waals surface area contributed by atoms with Crippen LogP contribution in [-0.2, 0) is 20.7 Å². The van der Waals surface area contributed by atoms with Crippen LogP contribution >= 0.6 is 0 Å². The second-order valence-electron chi connectivity index (χ2n) is 9.79. The Bertz CT molecular complexity index is 1110. The fraction of sp³-hybridized carbons (Fsp3) is 0.394. The summed E-state index contributed by atoms with van der Waals surface area (Å²) in [7, 11) is 0. The summed E-state index contributed by atoms with van der Waals surface area (Å²) < 4.78 is 16.4. The predicted molar refractivity (Wildman–Crippen MR) is 152 cm³/mol. The molecule has 0 spiro atoms. The van der Waals surface area contributed by atoms with E-state index < -0.39 is 0 Å². The third kappa shape index (κ3) is 9.70. The SMILES string of the molecule is C=CC(=O)OCCCCCCOc1ccc(C(=O)OC2=CC=C(c3ccc(CC(C)CC)cc3)CC2)cc1. The smallest absolute Gasteiger partial charge is 0.343 e. The number of allylic oxidation sites excluding steroid dienone is 4. The number of hydrogen-bond donors (Lipinski definition) is 0. The lowest BCUT2D eigenvalue weighted by molar-refractivity contribution is -0.137. The molecule has 0 N–H and O–H groups in total. The molecule has 1 aliphatic carbocycles. The lowest BCUT2D eigenvalue weighted by Crippen LogP contribution is -2.07. The van der Waals surface area contributed by atoms with Crippen molar-refractivity contribution in [3.05, 3.63) is 95.8 Å². The maximum atomic E-state index is 12.6. The summed E-state index contributed by atoms with van der Waals surface area (Å²) in [6.07, 6.45) is 12.7. The number of hydrogen-bond acceptors (Lipinski definition) is 5. The standard InChI is InChI=1S/C33H40O5/c1-4-25(3)24-26-10-12-27(13-11-26)28-14-20-31(21-15-28)38-33(35)29-16-18-30(19-17-29)36-22-8-6-7-9-23-37-32(34)5-2/h5,10-14,16-20,25H,2,4,6-9,15,21-24H2,1,3H3.